The average molecular weight is 557 g/mol. The van der Waals surface area contributed by atoms with E-state index in [0.717, 1.165) is 73.8 Å². The van der Waals surface area contributed by atoms with Crippen LogP contribution >= 0.6 is 0 Å². The molecular formula is C31H40N8O2. The van der Waals surface area contributed by atoms with Crippen molar-refractivity contribution in [3.63, 3.8) is 0 Å². The van der Waals surface area contributed by atoms with Gasteiger partial charge in [0.15, 0.2) is 0 Å². The van der Waals surface area contributed by atoms with Crippen LogP contribution in [0.2, 0.25) is 0 Å². The van der Waals surface area contributed by atoms with E-state index >= 15 is 0 Å². The molecule has 0 spiro atoms. The number of hydrogen-bond donors (Lipinski definition) is 2. The van der Waals surface area contributed by atoms with Gasteiger partial charge in [0.1, 0.15) is 5.82 Å². The summed E-state index contributed by atoms with van der Waals surface area (Å²) in [6.07, 6.45) is 9.92. The Hall–Kier alpha value is -3.79. The molecule has 1 unspecified atom stereocenters. The third-order valence-electron chi connectivity index (χ3n) is 8.58. The first-order chi connectivity index (χ1) is 20.0. The molecule has 1 saturated carbocycles. The molecule has 0 radical (unpaired) electrons. The molecule has 1 aliphatic carbocycles. The molecule has 216 valence electrons. The fourth-order valence-corrected chi connectivity index (χ4v) is 5.88. The highest BCUT2D eigenvalue weighted by molar-refractivity contribution is 6.06. The molecule has 2 amide bonds. The zero-order chi connectivity index (χ0) is 28.2. The number of likely N-dealkylation sites (tertiary alicyclic amines) is 1. The van der Waals surface area contributed by atoms with Crippen LogP contribution in [-0.4, -0.2) is 88.9 Å². The second-order valence-electron chi connectivity index (χ2n) is 11.5. The Morgan fingerprint density at radius 2 is 1.71 bits per heavy atom. The standard InChI is InChI=1S/C31H40N8O2/c1-22(40)37-14-16-39(17-15-37)31-34-19-24(20-35-31)28(38-12-3-2-4-13-38)21-33-30(41)26-6-5-7-27-25(26)10-11-29(36-27)32-18-23-8-9-23/h5-7,10-11,19-20,23,28H,2-4,8-9,12-18,21H2,1H3,(H,32,36)(H,33,41). The summed E-state index contributed by atoms with van der Waals surface area (Å²) >= 11 is 0. The number of pyridine rings is 1. The normalized spacial score (nSPS) is 18.8. The van der Waals surface area contributed by atoms with E-state index < -0.39 is 0 Å². The van der Waals surface area contributed by atoms with E-state index in [1.54, 1.807) is 6.92 Å². The molecule has 3 aromatic rings. The highest BCUT2D eigenvalue weighted by atomic mass is 16.2. The summed E-state index contributed by atoms with van der Waals surface area (Å²) < 4.78 is 0. The van der Waals surface area contributed by atoms with Gasteiger partial charge in [-0.25, -0.2) is 15.0 Å². The van der Waals surface area contributed by atoms with Crippen molar-refractivity contribution in [1.82, 2.24) is 30.1 Å². The Balaban J connectivity index is 1.14. The number of piperidine rings is 1. The van der Waals surface area contributed by atoms with Gasteiger partial charge in [0.25, 0.3) is 5.91 Å². The predicted molar refractivity (Wildman–Crippen MR) is 160 cm³/mol. The van der Waals surface area contributed by atoms with Gasteiger partial charge in [0, 0.05) is 75.1 Å². The number of rotatable bonds is 9. The average Bonchev–Trinajstić information content (AvgIpc) is 3.85. The fourth-order valence-electron chi connectivity index (χ4n) is 5.88. The Morgan fingerprint density at radius 1 is 0.951 bits per heavy atom. The number of hydrogen-bond acceptors (Lipinski definition) is 8. The number of benzene rings is 1. The van der Waals surface area contributed by atoms with Crippen molar-refractivity contribution in [1.29, 1.82) is 0 Å². The number of piperazine rings is 1. The van der Waals surface area contributed by atoms with E-state index in [9.17, 15) is 9.59 Å². The van der Waals surface area contributed by atoms with Crippen molar-refractivity contribution in [2.45, 2.75) is 45.1 Å². The molecule has 2 aliphatic heterocycles. The van der Waals surface area contributed by atoms with Gasteiger partial charge in [-0.15, -0.1) is 0 Å². The van der Waals surface area contributed by atoms with Crippen molar-refractivity contribution in [3.05, 3.63) is 53.9 Å². The lowest BCUT2D eigenvalue weighted by Gasteiger charge is -2.35. The maximum Gasteiger partial charge on any atom is 0.252 e. The summed E-state index contributed by atoms with van der Waals surface area (Å²) in [4.78, 5) is 45.8. The number of fused-ring (bicyclic) bond motifs is 1. The molecule has 4 heterocycles. The number of nitrogens with one attached hydrogen (secondary N) is 2. The molecule has 41 heavy (non-hydrogen) atoms. The zero-order valence-corrected chi connectivity index (χ0v) is 23.9. The lowest BCUT2D eigenvalue weighted by molar-refractivity contribution is -0.129. The second kappa shape index (κ2) is 12.4. The molecule has 3 fully saturated rings. The van der Waals surface area contributed by atoms with Crippen LogP contribution in [0.4, 0.5) is 11.8 Å². The van der Waals surface area contributed by atoms with Gasteiger partial charge in [-0.3, -0.25) is 14.5 Å². The van der Waals surface area contributed by atoms with E-state index in [1.165, 1.54) is 19.3 Å². The Bertz CT molecular complexity index is 1360. The van der Waals surface area contributed by atoms with Crippen LogP contribution in [0.5, 0.6) is 0 Å². The monoisotopic (exact) mass is 556 g/mol. The molecule has 2 aromatic heterocycles. The van der Waals surface area contributed by atoms with Gasteiger partial charge in [0.05, 0.1) is 11.6 Å². The van der Waals surface area contributed by atoms with Crippen LogP contribution in [-0.2, 0) is 4.79 Å². The SMILES string of the molecule is CC(=O)N1CCN(c2ncc(C(CNC(=O)c3cccc4nc(NCC5CC5)ccc34)N3CCCCC3)cn2)CC1. The number of nitrogens with zero attached hydrogens (tertiary/aromatic N) is 6. The molecule has 2 saturated heterocycles. The van der Waals surface area contributed by atoms with Crippen molar-refractivity contribution >= 4 is 34.5 Å². The van der Waals surface area contributed by atoms with Crippen LogP contribution in [0, 0.1) is 5.92 Å². The molecule has 0 bridgehead atoms. The lowest BCUT2D eigenvalue weighted by Crippen LogP contribution is -2.48. The number of aromatic nitrogens is 3. The minimum absolute atomic E-state index is 0.00538. The second-order valence-corrected chi connectivity index (χ2v) is 11.5. The fraction of sp³-hybridized carbons (Fsp3) is 0.516. The number of amides is 2. The van der Waals surface area contributed by atoms with E-state index in [4.69, 9.17) is 15.0 Å². The van der Waals surface area contributed by atoms with E-state index in [2.05, 4.69) is 20.4 Å². The number of carbonyl (C=O) groups excluding carboxylic acids is 2. The zero-order valence-electron chi connectivity index (χ0n) is 23.9. The molecule has 3 aliphatic rings. The summed E-state index contributed by atoms with van der Waals surface area (Å²) in [5, 5.41) is 7.50. The topological polar surface area (TPSA) is 107 Å². The largest absolute Gasteiger partial charge is 0.370 e. The summed E-state index contributed by atoms with van der Waals surface area (Å²) in [7, 11) is 0. The lowest BCUT2D eigenvalue weighted by atomic mass is 10.0. The van der Waals surface area contributed by atoms with Gasteiger partial charge in [0.2, 0.25) is 11.9 Å². The minimum Gasteiger partial charge on any atom is -0.370 e. The summed E-state index contributed by atoms with van der Waals surface area (Å²) in [6, 6.07) is 9.70. The third kappa shape index (κ3) is 6.59. The van der Waals surface area contributed by atoms with Crippen LogP contribution in [0.25, 0.3) is 10.9 Å². The summed E-state index contributed by atoms with van der Waals surface area (Å²) in [6.45, 7) is 7.85. The first-order valence-electron chi connectivity index (χ1n) is 15.0. The molecule has 6 rings (SSSR count). The van der Waals surface area contributed by atoms with E-state index in [1.807, 2.05) is 47.6 Å². The molecule has 10 nitrogen and oxygen atoms in total. The Kier molecular flexibility index (Phi) is 8.27. The first-order valence-corrected chi connectivity index (χ1v) is 15.0. The van der Waals surface area contributed by atoms with Crippen LogP contribution in [0.3, 0.4) is 0 Å². The van der Waals surface area contributed by atoms with Gasteiger partial charge in [-0.1, -0.05) is 12.5 Å². The van der Waals surface area contributed by atoms with Crippen molar-refractivity contribution in [2.24, 2.45) is 5.92 Å². The summed E-state index contributed by atoms with van der Waals surface area (Å²) in [5.74, 6) is 2.32. The minimum atomic E-state index is -0.0982. The highest BCUT2D eigenvalue weighted by Gasteiger charge is 2.26. The van der Waals surface area contributed by atoms with Gasteiger partial charge in [-0.05, 0) is 69.0 Å². The molecule has 10 heteroatoms. The Morgan fingerprint density at radius 3 is 2.41 bits per heavy atom. The molecule has 2 N–H and O–H groups in total. The summed E-state index contributed by atoms with van der Waals surface area (Å²) in [5.41, 5.74) is 2.46. The van der Waals surface area contributed by atoms with Crippen LogP contribution < -0.4 is 15.5 Å². The highest BCUT2D eigenvalue weighted by Crippen LogP contribution is 2.29. The van der Waals surface area contributed by atoms with Crippen LogP contribution in [0.15, 0.2) is 42.7 Å². The van der Waals surface area contributed by atoms with Gasteiger partial charge < -0.3 is 20.4 Å². The van der Waals surface area contributed by atoms with E-state index in [-0.39, 0.29) is 17.9 Å². The van der Waals surface area contributed by atoms with Gasteiger partial charge >= 0.3 is 0 Å². The first kappa shape index (κ1) is 27.4. The molecule has 1 atom stereocenters. The van der Waals surface area contributed by atoms with Gasteiger partial charge in [-0.2, -0.15) is 0 Å². The quantitative estimate of drug-likeness (QED) is 0.413. The molecule has 1 aromatic carbocycles. The number of carbonyl (C=O) groups is 2. The van der Waals surface area contributed by atoms with Crippen molar-refractivity contribution in [2.75, 3.05) is 62.6 Å². The van der Waals surface area contributed by atoms with E-state index in [0.29, 0.717) is 31.1 Å². The predicted octanol–water partition coefficient (Wildman–Crippen LogP) is 3.47. The van der Waals surface area contributed by atoms with Crippen molar-refractivity contribution < 1.29 is 9.59 Å². The smallest absolute Gasteiger partial charge is 0.252 e. The van der Waals surface area contributed by atoms with Crippen molar-refractivity contribution in [3.8, 4) is 0 Å². The maximum atomic E-state index is 13.5. The van der Waals surface area contributed by atoms with Crippen LogP contribution in [0.1, 0.15) is 61.0 Å². The Labute approximate surface area is 241 Å². The number of anilines is 2. The third-order valence-corrected chi connectivity index (χ3v) is 8.58. The molecular weight excluding hydrogens is 516 g/mol. The maximum absolute atomic E-state index is 13.5.